The van der Waals surface area contributed by atoms with E-state index in [0.29, 0.717) is 23.5 Å². The molecule has 0 saturated carbocycles. The van der Waals surface area contributed by atoms with Gasteiger partial charge < -0.3 is 30.4 Å². The SMILES string of the molecule is COC(=O)c1cc2cc(Nc3nc(Nc4ccc5c(c4)CC(C(=O)OC)N5)ncc3F)ccc2[nH]1. The van der Waals surface area contributed by atoms with E-state index in [1.807, 2.05) is 18.2 Å². The van der Waals surface area contributed by atoms with Gasteiger partial charge in [-0.2, -0.15) is 4.98 Å². The number of hydrogen-bond donors (Lipinski definition) is 4. The van der Waals surface area contributed by atoms with Crippen molar-refractivity contribution in [2.24, 2.45) is 0 Å². The first-order valence-electron chi connectivity index (χ1n) is 10.7. The van der Waals surface area contributed by atoms with Gasteiger partial charge in [-0.25, -0.2) is 19.0 Å². The summed E-state index contributed by atoms with van der Waals surface area (Å²) in [6.07, 6.45) is 1.57. The minimum Gasteiger partial charge on any atom is -0.467 e. The Bertz CT molecular complexity index is 1450. The number of aromatic nitrogens is 3. The van der Waals surface area contributed by atoms with Gasteiger partial charge in [0, 0.05) is 34.4 Å². The highest BCUT2D eigenvalue weighted by molar-refractivity contribution is 5.95. The maximum atomic E-state index is 14.5. The Morgan fingerprint density at radius 3 is 2.66 bits per heavy atom. The summed E-state index contributed by atoms with van der Waals surface area (Å²) >= 11 is 0. The quantitative estimate of drug-likeness (QED) is 0.306. The molecule has 4 aromatic rings. The third-order valence-electron chi connectivity index (χ3n) is 5.63. The zero-order valence-corrected chi connectivity index (χ0v) is 18.8. The monoisotopic (exact) mass is 476 g/mol. The molecular formula is C24H21FN6O4. The Labute approximate surface area is 198 Å². The molecule has 0 saturated heterocycles. The normalized spacial score (nSPS) is 14.2. The number of carbonyl (C=O) groups excluding carboxylic acids is 2. The van der Waals surface area contributed by atoms with Crippen LogP contribution < -0.4 is 16.0 Å². The predicted molar refractivity (Wildman–Crippen MR) is 128 cm³/mol. The van der Waals surface area contributed by atoms with Crippen LogP contribution in [0.1, 0.15) is 16.1 Å². The maximum absolute atomic E-state index is 14.5. The molecule has 11 heteroatoms. The highest BCUT2D eigenvalue weighted by Crippen LogP contribution is 2.30. The lowest BCUT2D eigenvalue weighted by molar-refractivity contribution is -0.141. The van der Waals surface area contributed by atoms with Gasteiger partial charge in [0.1, 0.15) is 11.7 Å². The van der Waals surface area contributed by atoms with Crippen molar-refractivity contribution in [1.29, 1.82) is 0 Å². The minimum atomic E-state index is -0.626. The summed E-state index contributed by atoms with van der Waals surface area (Å²) in [5.74, 6) is -1.25. The lowest BCUT2D eigenvalue weighted by atomic mass is 10.1. The Kier molecular flexibility index (Phi) is 5.65. The van der Waals surface area contributed by atoms with Crippen LogP contribution in [-0.2, 0) is 20.7 Å². The smallest absolute Gasteiger partial charge is 0.354 e. The largest absolute Gasteiger partial charge is 0.467 e. The summed E-state index contributed by atoms with van der Waals surface area (Å²) in [6, 6.07) is 12.0. The molecule has 2 aromatic carbocycles. The number of nitrogens with one attached hydrogen (secondary N) is 4. The third-order valence-corrected chi connectivity index (χ3v) is 5.63. The van der Waals surface area contributed by atoms with Crippen LogP contribution in [0.4, 0.5) is 33.2 Å². The van der Waals surface area contributed by atoms with E-state index >= 15 is 0 Å². The van der Waals surface area contributed by atoms with E-state index in [-0.39, 0.29) is 17.7 Å². The van der Waals surface area contributed by atoms with Crippen molar-refractivity contribution < 1.29 is 23.5 Å². The molecule has 5 rings (SSSR count). The fourth-order valence-electron chi connectivity index (χ4n) is 3.94. The standard InChI is InChI=1S/C24H21FN6O4/c1-34-22(32)19-9-12-7-14(3-5-17(12)29-19)27-21-16(25)11-26-24(31-21)28-15-4-6-18-13(8-15)10-20(30-18)23(33)35-2/h3-9,11,20,29-30H,10H2,1-2H3,(H2,26,27,28,31). The first-order valence-corrected chi connectivity index (χ1v) is 10.7. The number of aromatic amines is 1. The van der Waals surface area contributed by atoms with Crippen LogP contribution in [0.3, 0.4) is 0 Å². The fraction of sp³-hybridized carbons (Fsp3) is 0.167. The van der Waals surface area contributed by atoms with Gasteiger partial charge in [0.25, 0.3) is 0 Å². The molecule has 178 valence electrons. The van der Waals surface area contributed by atoms with E-state index in [2.05, 4.69) is 30.9 Å². The van der Waals surface area contributed by atoms with E-state index in [1.165, 1.54) is 14.2 Å². The molecule has 1 atom stereocenters. The molecule has 0 fully saturated rings. The molecule has 1 aliphatic heterocycles. The zero-order chi connectivity index (χ0) is 24.5. The number of halogens is 1. The number of rotatable bonds is 6. The van der Waals surface area contributed by atoms with E-state index in [9.17, 15) is 14.0 Å². The van der Waals surface area contributed by atoms with Crippen molar-refractivity contribution >= 4 is 51.7 Å². The summed E-state index contributed by atoms with van der Waals surface area (Å²) in [5, 5.41) is 9.89. The van der Waals surface area contributed by atoms with Crippen molar-refractivity contribution in [3.05, 3.63) is 65.7 Å². The second-order valence-corrected chi connectivity index (χ2v) is 7.91. The highest BCUT2D eigenvalue weighted by atomic mass is 19.1. The lowest BCUT2D eigenvalue weighted by Gasteiger charge is -2.10. The number of carbonyl (C=O) groups is 2. The Morgan fingerprint density at radius 2 is 1.86 bits per heavy atom. The average Bonchev–Trinajstić information content (AvgIpc) is 3.49. The summed E-state index contributed by atoms with van der Waals surface area (Å²) in [7, 11) is 2.66. The van der Waals surface area contributed by atoms with Gasteiger partial charge in [-0.1, -0.05) is 0 Å². The number of anilines is 5. The first-order chi connectivity index (χ1) is 16.9. The number of esters is 2. The van der Waals surface area contributed by atoms with Crippen LogP contribution in [0.25, 0.3) is 10.9 Å². The predicted octanol–water partition coefficient (Wildman–Crippen LogP) is 3.88. The van der Waals surface area contributed by atoms with E-state index < -0.39 is 17.8 Å². The number of H-pyrrole nitrogens is 1. The summed E-state index contributed by atoms with van der Waals surface area (Å²) in [6.45, 7) is 0. The first kappa shape index (κ1) is 22.1. The molecule has 1 unspecified atom stereocenters. The molecule has 0 spiro atoms. The number of hydrogen-bond acceptors (Lipinski definition) is 9. The van der Waals surface area contributed by atoms with E-state index in [4.69, 9.17) is 9.47 Å². The van der Waals surface area contributed by atoms with Crippen molar-refractivity contribution in [1.82, 2.24) is 15.0 Å². The summed E-state index contributed by atoms with van der Waals surface area (Å²) in [4.78, 5) is 34.8. The third kappa shape index (κ3) is 4.43. The second-order valence-electron chi connectivity index (χ2n) is 7.91. The van der Waals surface area contributed by atoms with Gasteiger partial charge in [-0.3, -0.25) is 0 Å². The number of ether oxygens (including phenoxy) is 2. The van der Waals surface area contributed by atoms with E-state index in [0.717, 1.165) is 28.4 Å². The number of benzene rings is 2. The van der Waals surface area contributed by atoms with E-state index in [1.54, 1.807) is 24.3 Å². The maximum Gasteiger partial charge on any atom is 0.354 e. The Morgan fingerprint density at radius 1 is 1.06 bits per heavy atom. The van der Waals surface area contributed by atoms with Crippen LogP contribution in [0, 0.1) is 5.82 Å². The molecule has 35 heavy (non-hydrogen) atoms. The van der Waals surface area contributed by atoms with Gasteiger partial charge in [0.05, 0.1) is 20.4 Å². The second kappa shape index (κ2) is 8.93. The molecule has 0 radical (unpaired) electrons. The van der Waals surface area contributed by atoms with Crippen LogP contribution >= 0.6 is 0 Å². The molecule has 0 amide bonds. The van der Waals surface area contributed by atoms with Crippen molar-refractivity contribution in [2.45, 2.75) is 12.5 Å². The number of fused-ring (bicyclic) bond motifs is 2. The average molecular weight is 476 g/mol. The summed E-state index contributed by atoms with van der Waals surface area (Å²) in [5.41, 5.74) is 4.12. The molecule has 2 aromatic heterocycles. The van der Waals surface area contributed by atoms with Gasteiger partial charge in [-0.05, 0) is 48.0 Å². The van der Waals surface area contributed by atoms with Crippen LogP contribution in [0.5, 0.6) is 0 Å². The van der Waals surface area contributed by atoms with Crippen LogP contribution in [-0.4, -0.2) is 47.2 Å². The molecule has 10 nitrogen and oxygen atoms in total. The van der Waals surface area contributed by atoms with Crippen molar-refractivity contribution in [2.75, 3.05) is 30.2 Å². The molecule has 4 N–H and O–H groups in total. The number of nitrogens with zero attached hydrogens (tertiary/aromatic N) is 2. The Hall–Kier alpha value is -4.67. The molecular weight excluding hydrogens is 455 g/mol. The van der Waals surface area contributed by atoms with Crippen LogP contribution in [0.15, 0.2) is 48.7 Å². The fourth-order valence-corrected chi connectivity index (χ4v) is 3.94. The van der Waals surface area contributed by atoms with Gasteiger partial charge >= 0.3 is 11.9 Å². The van der Waals surface area contributed by atoms with Crippen LogP contribution in [0.2, 0.25) is 0 Å². The zero-order valence-electron chi connectivity index (χ0n) is 18.8. The molecule has 3 heterocycles. The number of methoxy groups -OCH3 is 2. The Balaban J connectivity index is 1.34. The molecule has 1 aliphatic rings. The lowest BCUT2D eigenvalue weighted by Crippen LogP contribution is -2.27. The van der Waals surface area contributed by atoms with Crippen molar-refractivity contribution in [3.8, 4) is 0 Å². The van der Waals surface area contributed by atoms with Crippen molar-refractivity contribution in [3.63, 3.8) is 0 Å². The topological polar surface area (TPSA) is 130 Å². The van der Waals surface area contributed by atoms with Gasteiger partial charge in [0.2, 0.25) is 5.95 Å². The summed E-state index contributed by atoms with van der Waals surface area (Å²) < 4.78 is 24.0. The molecule has 0 bridgehead atoms. The van der Waals surface area contributed by atoms with Gasteiger partial charge in [-0.15, -0.1) is 0 Å². The highest BCUT2D eigenvalue weighted by Gasteiger charge is 2.27. The molecule has 0 aliphatic carbocycles. The minimum absolute atomic E-state index is 0.0147. The van der Waals surface area contributed by atoms with Gasteiger partial charge in [0.15, 0.2) is 11.6 Å².